The summed E-state index contributed by atoms with van der Waals surface area (Å²) in [5.74, 6) is 0. The molecule has 0 fully saturated rings. The zero-order valence-corrected chi connectivity index (χ0v) is 21.6. The lowest BCUT2D eigenvalue weighted by molar-refractivity contribution is 0.452. The van der Waals surface area contributed by atoms with Gasteiger partial charge in [-0.2, -0.15) is 5.10 Å². The molecule has 1 unspecified atom stereocenters. The third-order valence-corrected chi connectivity index (χ3v) is 10.6. The summed E-state index contributed by atoms with van der Waals surface area (Å²) in [7, 11) is 1.98. The number of anilines is 1. The molecule has 2 aliphatic heterocycles. The Labute approximate surface area is 193 Å². The Morgan fingerprint density at radius 1 is 1.03 bits per heavy atom. The minimum absolute atomic E-state index is 0.131. The number of fused-ring (bicyclic) bond motifs is 1. The molecule has 0 aliphatic carbocycles. The van der Waals surface area contributed by atoms with Crippen molar-refractivity contribution in [2.45, 2.75) is 47.0 Å². The number of likely N-dealkylation sites (N-methyl/N-ethyl adjacent to an activating group) is 1. The van der Waals surface area contributed by atoms with E-state index in [1.807, 2.05) is 0 Å². The van der Waals surface area contributed by atoms with E-state index in [2.05, 4.69) is 119 Å². The van der Waals surface area contributed by atoms with E-state index in [0.717, 1.165) is 18.8 Å². The van der Waals surface area contributed by atoms with Gasteiger partial charge in [-0.1, -0.05) is 63.6 Å². The van der Waals surface area contributed by atoms with Gasteiger partial charge >= 0.3 is 0 Å². The van der Waals surface area contributed by atoms with Crippen molar-refractivity contribution >= 4 is 24.9 Å². The normalized spacial score (nSPS) is 23.9. The van der Waals surface area contributed by atoms with Crippen LogP contribution in [0.1, 0.15) is 44.4 Å². The second-order valence-corrected chi connectivity index (χ2v) is 12.2. The van der Waals surface area contributed by atoms with Crippen molar-refractivity contribution in [2.75, 3.05) is 32.1 Å². The molecule has 5 nitrogen and oxygen atoms in total. The van der Waals surface area contributed by atoms with Gasteiger partial charge in [0.25, 0.3) is 0 Å². The summed E-state index contributed by atoms with van der Waals surface area (Å²) < 4.78 is 10.3. The van der Waals surface area contributed by atoms with Crippen molar-refractivity contribution < 1.29 is 0 Å². The van der Waals surface area contributed by atoms with Crippen LogP contribution in [0.2, 0.25) is 0 Å². The summed E-state index contributed by atoms with van der Waals surface area (Å²) in [6.45, 7) is 15.3. The van der Waals surface area contributed by atoms with E-state index < -0.39 is 7.36 Å². The topological polar surface area (TPSA) is 34.4 Å². The number of aryl methyl sites for hydroxylation is 2. The Kier molecular flexibility index (Phi) is 5.85. The lowest BCUT2D eigenvalue weighted by atomic mass is 9.84. The summed E-state index contributed by atoms with van der Waals surface area (Å²) in [6.07, 6.45) is 2.08. The van der Waals surface area contributed by atoms with Gasteiger partial charge in [-0.3, -0.25) is 0 Å². The molecule has 6 heteroatoms. The molecule has 4 rings (SSSR count). The summed E-state index contributed by atoms with van der Waals surface area (Å²) in [4.78, 5) is 2.37. The maximum Gasteiger partial charge on any atom is 0.174 e. The van der Waals surface area contributed by atoms with Crippen LogP contribution in [-0.2, 0) is 5.41 Å². The highest BCUT2D eigenvalue weighted by Gasteiger charge is 2.47. The van der Waals surface area contributed by atoms with E-state index in [9.17, 15) is 0 Å². The first-order chi connectivity index (χ1) is 15.2. The molecule has 32 heavy (non-hydrogen) atoms. The molecule has 2 aromatic rings. The average Bonchev–Trinajstić information content (AvgIpc) is 3.17. The molecular weight excluding hydrogens is 413 g/mol. The number of allylic oxidation sites excluding steroid dienone is 2. The van der Waals surface area contributed by atoms with Gasteiger partial charge in [-0.15, -0.1) is 0 Å². The molecule has 0 bridgehead atoms. The summed E-state index contributed by atoms with van der Waals surface area (Å²) >= 11 is 0. The number of hydrogen-bond acceptors (Lipinski definition) is 3. The van der Waals surface area contributed by atoms with Crippen molar-refractivity contribution in [3.8, 4) is 0 Å². The first-order valence-electron chi connectivity index (χ1n) is 11.5. The largest absolute Gasteiger partial charge is 0.346 e. The molecule has 1 atom stereocenters. The van der Waals surface area contributed by atoms with E-state index in [-0.39, 0.29) is 5.41 Å². The molecule has 0 saturated carbocycles. The van der Waals surface area contributed by atoms with E-state index in [1.165, 1.54) is 33.4 Å². The molecular formula is C26H36N5P. The van der Waals surface area contributed by atoms with Crippen LogP contribution in [0.4, 0.5) is 11.4 Å². The maximum absolute atomic E-state index is 5.60. The van der Waals surface area contributed by atoms with Crippen molar-refractivity contribution in [3.63, 3.8) is 0 Å². The fourth-order valence-corrected chi connectivity index (χ4v) is 9.08. The van der Waals surface area contributed by atoms with Crippen molar-refractivity contribution in [1.82, 2.24) is 9.45 Å². The van der Waals surface area contributed by atoms with Gasteiger partial charge in [0.05, 0.1) is 17.2 Å². The molecule has 0 amide bonds. The van der Waals surface area contributed by atoms with Gasteiger partial charge in [0.15, 0.2) is 7.36 Å². The van der Waals surface area contributed by atoms with E-state index >= 15 is 0 Å². The quantitative estimate of drug-likeness (QED) is 0.477. The van der Waals surface area contributed by atoms with Crippen LogP contribution in [0.5, 0.6) is 0 Å². The highest BCUT2D eigenvalue weighted by molar-refractivity contribution is 7.67. The van der Waals surface area contributed by atoms with Crippen molar-refractivity contribution in [1.29, 1.82) is 0 Å². The molecule has 0 radical (unpaired) electrons. The number of benzene rings is 2. The number of hydrazone groups is 1. The van der Waals surface area contributed by atoms with Crippen molar-refractivity contribution in [2.24, 2.45) is 9.85 Å². The minimum Gasteiger partial charge on any atom is -0.346 e. The van der Waals surface area contributed by atoms with Gasteiger partial charge in [-0.25, -0.2) is 14.2 Å². The minimum atomic E-state index is -2.31. The first-order valence-corrected chi connectivity index (χ1v) is 13.1. The molecule has 170 valence electrons. The van der Waals surface area contributed by atoms with E-state index in [4.69, 9.17) is 9.85 Å². The second-order valence-electron chi connectivity index (χ2n) is 9.27. The standard InChI is InChI=1S/C26H36N5P/c1-9-31(10-2)32(28-22-16-15-19(3)17-20(22)4)24(18-27-30(32)8)25-26(5,6)21-13-11-12-14-23(21)29(25)7/h11-18H,9-10H2,1-8H3/b25-24+. The molecule has 0 N–H and O–H groups in total. The predicted octanol–water partition coefficient (Wildman–Crippen LogP) is 6.88. The Morgan fingerprint density at radius 2 is 1.72 bits per heavy atom. The summed E-state index contributed by atoms with van der Waals surface area (Å²) in [6, 6.07) is 15.3. The Bertz CT molecular complexity index is 1160. The summed E-state index contributed by atoms with van der Waals surface area (Å²) in [5.41, 5.74) is 7.34. The number of para-hydroxylation sites is 1. The zero-order valence-electron chi connectivity index (χ0n) is 20.7. The fraction of sp³-hybridized carbons (Fsp3) is 0.423. The van der Waals surface area contributed by atoms with E-state index in [1.54, 1.807) is 0 Å². The maximum atomic E-state index is 5.60. The van der Waals surface area contributed by atoms with Crippen LogP contribution in [-0.4, -0.2) is 42.8 Å². The molecule has 2 heterocycles. The first kappa shape index (κ1) is 22.8. The third kappa shape index (κ3) is 3.25. The molecule has 2 aromatic carbocycles. The monoisotopic (exact) mass is 449 g/mol. The lowest BCUT2D eigenvalue weighted by Gasteiger charge is -2.39. The van der Waals surface area contributed by atoms with Crippen LogP contribution >= 0.6 is 7.36 Å². The lowest BCUT2D eigenvalue weighted by Crippen LogP contribution is -2.30. The highest BCUT2D eigenvalue weighted by atomic mass is 31.2. The van der Waals surface area contributed by atoms with Gasteiger partial charge < -0.3 is 4.90 Å². The van der Waals surface area contributed by atoms with Crippen LogP contribution in [0.15, 0.2) is 63.3 Å². The van der Waals surface area contributed by atoms with Gasteiger partial charge in [0.1, 0.15) is 0 Å². The SMILES string of the molecule is CCN(CC)P1(=Nc2ccc(C)cc2C)/C(=C2/N(C)c3ccccc3C2(C)C)C=NN1C. The molecule has 0 saturated heterocycles. The van der Waals surface area contributed by atoms with Gasteiger partial charge in [-0.05, 0) is 37.1 Å². The summed E-state index contributed by atoms with van der Waals surface area (Å²) in [5, 5.41) is 6.13. The van der Waals surface area contributed by atoms with Crippen LogP contribution in [0.25, 0.3) is 0 Å². The molecule has 0 aromatic heterocycles. The van der Waals surface area contributed by atoms with Crippen molar-refractivity contribution in [3.05, 3.63) is 70.2 Å². The van der Waals surface area contributed by atoms with Gasteiger partial charge in [0.2, 0.25) is 0 Å². The molecule has 2 aliphatic rings. The third-order valence-electron chi connectivity index (χ3n) is 6.91. The van der Waals surface area contributed by atoms with Crippen LogP contribution < -0.4 is 4.90 Å². The zero-order chi connectivity index (χ0) is 23.3. The van der Waals surface area contributed by atoms with Crippen LogP contribution in [0, 0.1) is 13.8 Å². The second kappa shape index (κ2) is 8.20. The smallest absolute Gasteiger partial charge is 0.174 e. The highest BCUT2D eigenvalue weighted by Crippen LogP contribution is 2.69. The van der Waals surface area contributed by atoms with E-state index in [0.29, 0.717) is 0 Å². The number of hydrogen-bond donors (Lipinski definition) is 0. The average molecular weight is 450 g/mol. The Morgan fingerprint density at radius 3 is 2.34 bits per heavy atom. The van der Waals surface area contributed by atoms with Gasteiger partial charge in [0, 0.05) is 44.0 Å². The molecule has 0 spiro atoms. The fourth-order valence-electron chi connectivity index (χ4n) is 5.30. The number of nitrogens with zero attached hydrogens (tertiary/aromatic N) is 5. The number of rotatable bonds is 4. The predicted molar refractivity (Wildman–Crippen MR) is 139 cm³/mol. The van der Waals surface area contributed by atoms with Crippen LogP contribution in [0.3, 0.4) is 0 Å². The Balaban J connectivity index is 2.08. The Hall–Kier alpha value is -2.36.